The number of nitrogens with zero attached hydrogens (tertiary/aromatic N) is 6. The highest BCUT2D eigenvalue weighted by atomic mass is 35.5. The Labute approximate surface area is 253 Å². The van der Waals surface area contributed by atoms with E-state index in [0.717, 1.165) is 4.68 Å². The lowest BCUT2D eigenvalue weighted by Gasteiger charge is -2.20. The zero-order chi connectivity index (χ0) is 32.0. The van der Waals surface area contributed by atoms with Crippen LogP contribution in [0.5, 0.6) is 0 Å². The van der Waals surface area contributed by atoms with Crippen LogP contribution >= 0.6 is 23.2 Å². The van der Waals surface area contributed by atoms with Gasteiger partial charge in [0, 0.05) is 52.0 Å². The molecule has 6 rings (SSSR count). The normalized spacial score (nSPS) is 18.6. The van der Waals surface area contributed by atoms with Crippen molar-refractivity contribution < 1.29 is 17.7 Å². The Balaban J connectivity index is 1.47. The standard InChI is InChI=1S/C29H24Cl2FN7O3/c1-15-4-3-5-17(20-10-16(8-9-33-20)28-21(35-29(15)41)12-34-38(28)2)18-14-42-24(11-23(18)40)26-22(7-6-19(30)27(26)32)39-13-25(31)36-37-39/h6-15,17H,3-5H2,1-2H3,(H,35,41)/t15-,17?/m1/s1/i2D3. The van der Waals surface area contributed by atoms with E-state index in [2.05, 4.69) is 25.7 Å². The molecule has 42 heavy (non-hydrogen) atoms. The second-order valence-electron chi connectivity index (χ2n) is 9.97. The summed E-state index contributed by atoms with van der Waals surface area (Å²) in [5.41, 5.74) is 1.20. The lowest BCUT2D eigenvalue weighted by molar-refractivity contribution is -0.119. The summed E-state index contributed by atoms with van der Waals surface area (Å²) < 4.78 is 47.4. The van der Waals surface area contributed by atoms with E-state index in [1.807, 2.05) is 0 Å². The van der Waals surface area contributed by atoms with Crippen molar-refractivity contribution in [3.8, 4) is 28.3 Å². The summed E-state index contributed by atoms with van der Waals surface area (Å²) in [6.45, 7) is -0.864. The minimum absolute atomic E-state index is 0.0752. The number of pyridine rings is 1. The number of aryl methyl sites for hydroxylation is 1. The number of hydrogen-bond donors (Lipinski definition) is 1. The number of rotatable bonds is 3. The summed E-state index contributed by atoms with van der Waals surface area (Å²) in [5.74, 6) is -2.24. The van der Waals surface area contributed by atoms with E-state index in [9.17, 15) is 9.59 Å². The topological polar surface area (TPSA) is 121 Å². The van der Waals surface area contributed by atoms with Crippen LogP contribution in [0.15, 0.2) is 64.4 Å². The third kappa shape index (κ3) is 5.10. The van der Waals surface area contributed by atoms with E-state index >= 15 is 4.39 Å². The molecule has 1 amide bonds. The summed E-state index contributed by atoms with van der Waals surface area (Å²) in [5, 5.41) is 14.4. The van der Waals surface area contributed by atoms with Gasteiger partial charge in [-0.05, 0) is 37.1 Å². The van der Waals surface area contributed by atoms with E-state index in [4.69, 9.17) is 31.7 Å². The molecule has 1 unspecified atom stereocenters. The first kappa shape index (κ1) is 24.3. The fourth-order valence-electron chi connectivity index (χ4n) is 5.12. The smallest absolute Gasteiger partial charge is 0.227 e. The quantitative estimate of drug-likeness (QED) is 0.265. The highest BCUT2D eigenvalue weighted by Gasteiger charge is 2.26. The minimum atomic E-state index is -2.63. The molecule has 10 nitrogen and oxygen atoms in total. The first-order valence-electron chi connectivity index (χ1n) is 14.5. The van der Waals surface area contributed by atoms with Gasteiger partial charge >= 0.3 is 0 Å². The molecule has 0 spiro atoms. The first-order chi connectivity index (χ1) is 21.4. The molecule has 2 bridgehead atoms. The first-order valence-corrected chi connectivity index (χ1v) is 13.7. The fourth-order valence-corrected chi connectivity index (χ4v) is 5.40. The number of amides is 1. The molecule has 0 fully saturated rings. The number of anilines is 1. The van der Waals surface area contributed by atoms with Gasteiger partial charge in [0.15, 0.2) is 16.4 Å². The number of aromatic nitrogens is 6. The Hall–Kier alpha value is -4.35. The number of nitrogens with one attached hydrogen (secondary N) is 1. The Morgan fingerprint density at radius 3 is 2.81 bits per heavy atom. The van der Waals surface area contributed by atoms with Crippen LogP contribution in [0, 0.1) is 11.7 Å². The SMILES string of the molecule is [2H]C([2H])([2H])n1ncc2c1-c1ccnc(c1)C(c1coc(-c3c(-n4cc(Cl)nn4)ccc(Cl)c3F)cc1=O)CCC[C@@H](C)C(=O)N2. The molecule has 0 saturated carbocycles. The van der Waals surface area contributed by atoms with Crippen LogP contribution in [0.25, 0.3) is 28.3 Å². The summed E-state index contributed by atoms with van der Waals surface area (Å²) in [4.78, 5) is 31.3. The van der Waals surface area contributed by atoms with Crippen molar-refractivity contribution in [2.45, 2.75) is 32.1 Å². The predicted octanol–water partition coefficient (Wildman–Crippen LogP) is 6.02. The van der Waals surface area contributed by atoms with Crippen molar-refractivity contribution in [1.29, 1.82) is 0 Å². The van der Waals surface area contributed by atoms with Crippen molar-refractivity contribution >= 4 is 34.8 Å². The average Bonchev–Trinajstić information content (AvgIpc) is 3.63. The van der Waals surface area contributed by atoms with Crippen LogP contribution in [0.3, 0.4) is 0 Å². The maximum absolute atomic E-state index is 15.4. The molecule has 4 aromatic heterocycles. The van der Waals surface area contributed by atoms with Gasteiger partial charge in [-0.2, -0.15) is 5.10 Å². The van der Waals surface area contributed by atoms with Crippen LogP contribution in [0.2, 0.25) is 10.2 Å². The van der Waals surface area contributed by atoms with Gasteiger partial charge in [-0.1, -0.05) is 41.8 Å². The largest absolute Gasteiger partial charge is 0.464 e. The highest BCUT2D eigenvalue weighted by Crippen LogP contribution is 2.36. The summed E-state index contributed by atoms with van der Waals surface area (Å²) in [7, 11) is 0. The molecule has 1 aromatic carbocycles. The number of carbonyl (C=O) groups excluding carboxylic acids is 1. The van der Waals surface area contributed by atoms with Gasteiger partial charge in [0.05, 0.1) is 46.3 Å². The predicted molar refractivity (Wildman–Crippen MR) is 155 cm³/mol. The van der Waals surface area contributed by atoms with Crippen molar-refractivity contribution in [1.82, 2.24) is 29.8 Å². The maximum Gasteiger partial charge on any atom is 0.227 e. The van der Waals surface area contributed by atoms with E-state index in [-0.39, 0.29) is 50.0 Å². The third-order valence-corrected chi connectivity index (χ3v) is 7.75. The van der Waals surface area contributed by atoms with E-state index < -0.39 is 30.1 Å². The van der Waals surface area contributed by atoms with Crippen LogP contribution in [-0.2, 0) is 11.8 Å². The van der Waals surface area contributed by atoms with Gasteiger partial charge in [0.2, 0.25) is 5.91 Å². The fraction of sp³-hybridized carbons (Fsp3) is 0.241. The number of benzene rings is 1. The molecular formula is C29H24Cl2FN7O3. The van der Waals surface area contributed by atoms with E-state index in [1.54, 1.807) is 19.1 Å². The van der Waals surface area contributed by atoms with Gasteiger partial charge in [-0.25, -0.2) is 9.07 Å². The van der Waals surface area contributed by atoms with Crippen molar-refractivity contribution in [2.75, 3.05) is 5.32 Å². The molecule has 1 aliphatic rings. The highest BCUT2D eigenvalue weighted by molar-refractivity contribution is 6.31. The number of fused-ring (bicyclic) bond motifs is 4. The van der Waals surface area contributed by atoms with E-state index in [0.29, 0.717) is 30.5 Å². The zero-order valence-electron chi connectivity index (χ0n) is 25.0. The van der Waals surface area contributed by atoms with Gasteiger partial charge < -0.3 is 9.73 Å². The molecule has 0 saturated heterocycles. The molecule has 0 aliphatic carbocycles. The summed E-state index contributed by atoms with van der Waals surface area (Å²) in [6, 6.07) is 7.28. The second-order valence-corrected chi connectivity index (χ2v) is 10.8. The zero-order valence-corrected chi connectivity index (χ0v) is 23.5. The maximum atomic E-state index is 15.4. The van der Waals surface area contributed by atoms with Crippen LogP contribution < -0.4 is 10.7 Å². The van der Waals surface area contributed by atoms with Gasteiger partial charge in [0.1, 0.15) is 5.76 Å². The van der Waals surface area contributed by atoms with Crippen LogP contribution in [0.4, 0.5) is 10.1 Å². The molecule has 13 heteroatoms. The molecule has 2 atom stereocenters. The Kier molecular flexibility index (Phi) is 6.44. The average molecular weight is 611 g/mol. The minimum Gasteiger partial charge on any atom is -0.464 e. The summed E-state index contributed by atoms with van der Waals surface area (Å²) >= 11 is 12.0. The van der Waals surface area contributed by atoms with Crippen molar-refractivity contribution in [3.63, 3.8) is 0 Å². The van der Waals surface area contributed by atoms with Gasteiger partial charge in [-0.15, -0.1) is 5.10 Å². The van der Waals surface area contributed by atoms with Crippen molar-refractivity contribution in [2.24, 2.45) is 12.9 Å². The lowest BCUT2D eigenvalue weighted by atomic mass is 9.88. The third-order valence-electron chi connectivity index (χ3n) is 7.28. The molecule has 5 heterocycles. The molecule has 214 valence electrons. The summed E-state index contributed by atoms with van der Waals surface area (Å²) in [6.07, 6.45) is 6.88. The monoisotopic (exact) mass is 610 g/mol. The number of hydrogen-bond acceptors (Lipinski definition) is 7. The number of halogens is 3. The van der Waals surface area contributed by atoms with Gasteiger partial charge in [-0.3, -0.25) is 19.3 Å². The molecular weight excluding hydrogens is 584 g/mol. The molecule has 1 N–H and O–H groups in total. The molecule has 5 aromatic rings. The molecule has 1 aliphatic heterocycles. The Morgan fingerprint density at radius 2 is 2.05 bits per heavy atom. The number of carbonyl (C=O) groups is 1. The van der Waals surface area contributed by atoms with Crippen molar-refractivity contribution in [3.05, 3.63) is 92.7 Å². The Bertz CT molecular complexity index is 1990. The second kappa shape index (κ2) is 11.1. The van der Waals surface area contributed by atoms with Gasteiger partial charge in [0.25, 0.3) is 0 Å². The van der Waals surface area contributed by atoms with Crippen LogP contribution in [0.1, 0.15) is 47.5 Å². The van der Waals surface area contributed by atoms with E-state index in [1.165, 1.54) is 47.7 Å². The van der Waals surface area contributed by atoms with Crippen LogP contribution in [-0.4, -0.2) is 35.7 Å². The lowest BCUT2D eigenvalue weighted by Crippen LogP contribution is -2.22. The Morgan fingerprint density at radius 1 is 1.19 bits per heavy atom. The molecule has 0 radical (unpaired) electrons.